The average molecular weight is 494 g/mol. The van der Waals surface area contributed by atoms with Gasteiger partial charge in [0.25, 0.3) is 0 Å². The van der Waals surface area contributed by atoms with Gasteiger partial charge in [-0.05, 0) is 30.2 Å². The van der Waals surface area contributed by atoms with E-state index < -0.39 is 11.2 Å². The lowest BCUT2D eigenvalue weighted by Gasteiger charge is -2.15. The molecule has 1 atom stereocenters. The van der Waals surface area contributed by atoms with Gasteiger partial charge in [-0.1, -0.05) is 43.3 Å². The van der Waals surface area contributed by atoms with Gasteiger partial charge in [-0.2, -0.15) is 5.26 Å². The van der Waals surface area contributed by atoms with E-state index in [2.05, 4.69) is 16.7 Å². The standard InChI is InChI=1S/C25H23N3O4S2/c1-2-21(34-18-10-6-9-17(13-18)27-22(29)11-12-23(30)31)24(32)28-25-19(14-26)20(15-33-25)16-7-4-3-5-8-16/h3-10,13,15,21H,2,11-12H2,1H3,(H,27,29)(H,28,32)(H,30,31). The molecule has 0 bridgehead atoms. The van der Waals surface area contributed by atoms with Crippen LogP contribution in [0.1, 0.15) is 31.7 Å². The highest BCUT2D eigenvalue weighted by Crippen LogP contribution is 2.36. The molecule has 9 heteroatoms. The molecule has 3 N–H and O–H groups in total. The second-order valence-electron chi connectivity index (χ2n) is 7.31. The number of anilines is 2. The summed E-state index contributed by atoms with van der Waals surface area (Å²) in [6.45, 7) is 1.91. The van der Waals surface area contributed by atoms with Gasteiger partial charge in [0.15, 0.2) is 0 Å². The molecule has 0 radical (unpaired) electrons. The minimum Gasteiger partial charge on any atom is -0.481 e. The largest absolute Gasteiger partial charge is 0.481 e. The van der Waals surface area contributed by atoms with Gasteiger partial charge in [0.05, 0.1) is 17.2 Å². The van der Waals surface area contributed by atoms with Crippen LogP contribution in [0, 0.1) is 11.3 Å². The van der Waals surface area contributed by atoms with Gasteiger partial charge in [-0.3, -0.25) is 14.4 Å². The van der Waals surface area contributed by atoms with E-state index in [-0.39, 0.29) is 24.7 Å². The molecule has 0 fully saturated rings. The summed E-state index contributed by atoms with van der Waals surface area (Å²) in [5.41, 5.74) is 2.68. The number of thiophene rings is 1. The number of carbonyl (C=O) groups excluding carboxylic acids is 2. The molecule has 3 aromatic rings. The van der Waals surface area contributed by atoms with Gasteiger partial charge in [0.1, 0.15) is 11.1 Å². The molecule has 0 spiro atoms. The summed E-state index contributed by atoms with van der Waals surface area (Å²) < 4.78 is 0. The lowest BCUT2D eigenvalue weighted by Crippen LogP contribution is -2.24. The quantitative estimate of drug-likeness (QED) is 0.316. The number of carbonyl (C=O) groups is 3. The van der Waals surface area contributed by atoms with Gasteiger partial charge in [0.2, 0.25) is 11.8 Å². The third kappa shape index (κ3) is 6.70. The maximum absolute atomic E-state index is 13.0. The maximum atomic E-state index is 13.0. The molecule has 7 nitrogen and oxygen atoms in total. The number of carboxylic acids is 1. The van der Waals surface area contributed by atoms with Crippen LogP contribution in [-0.2, 0) is 14.4 Å². The molecular weight excluding hydrogens is 470 g/mol. The molecule has 3 rings (SSSR count). The Balaban J connectivity index is 1.68. The Morgan fingerprint density at radius 2 is 1.85 bits per heavy atom. The smallest absolute Gasteiger partial charge is 0.303 e. The first-order chi connectivity index (χ1) is 16.4. The summed E-state index contributed by atoms with van der Waals surface area (Å²) in [6.07, 6.45) is 0.210. The van der Waals surface area contributed by atoms with E-state index in [9.17, 15) is 19.6 Å². The van der Waals surface area contributed by atoms with Crippen LogP contribution < -0.4 is 10.6 Å². The molecule has 0 aliphatic rings. The normalized spacial score (nSPS) is 11.3. The minimum absolute atomic E-state index is 0.111. The molecule has 2 aromatic carbocycles. The van der Waals surface area contributed by atoms with E-state index in [1.807, 2.05) is 48.7 Å². The molecule has 0 aliphatic carbocycles. The number of nitriles is 1. The van der Waals surface area contributed by atoms with Crippen molar-refractivity contribution in [1.82, 2.24) is 0 Å². The van der Waals surface area contributed by atoms with Crippen LogP contribution in [0.3, 0.4) is 0 Å². The topological polar surface area (TPSA) is 119 Å². The molecule has 1 heterocycles. The molecule has 174 valence electrons. The fourth-order valence-electron chi connectivity index (χ4n) is 3.16. The summed E-state index contributed by atoms with van der Waals surface area (Å²) in [6, 6.07) is 18.8. The fourth-order valence-corrected chi connectivity index (χ4v) is 5.10. The number of rotatable bonds is 10. The Morgan fingerprint density at radius 1 is 1.09 bits per heavy atom. The van der Waals surface area contributed by atoms with Gasteiger partial charge in [-0.15, -0.1) is 23.1 Å². The Labute approximate surface area is 205 Å². The summed E-state index contributed by atoms with van der Waals surface area (Å²) in [4.78, 5) is 36.3. The molecule has 0 saturated carbocycles. The second-order valence-corrected chi connectivity index (χ2v) is 9.46. The zero-order valence-electron chi connectivity index (χ0n) is 18.4. The van der Waals surface area contributed by atoms with Crippen LogP contribution in [0.2, 0.25) is 0 Å². The Kier molecular flexibility index (Phi) is 8.85. The fraction of sp³-hybridized carbons (Fsp3) is 0.200. The van der Waals surface area contributed by atoms with Crippen molar-refractivity contribution in [1.29, 1.82) is 5.26 Å². The predicted octanol–water partition coefficient (Wildman–Crippen LogP) is 5.60. The third-order valence-electron chi connectivity index (χ3n) is 4.85. The molecule has 1 aromatic heterocycles. The minimum atomic E-state index is -1.03. The number of nitrogens with one attached hydrogen (secondary N) is 2. The van der Waals surface area contributed by atoms with Crippen molar-refractivity contribution in [3.05, 3.63) is 65.5 Å². The highest BCUT2D eigenvalue weighted by molar-refractivity contribution is 8.00. The number of amides is 2. The number of nitrogens with zero attached hydrogens (tertiary/aromatic N) is 1. The number of hydrogen-bond donors (Lipinski definition) is 3. The first-order valence-electron chi connectivity index (χ1n) is 10.6. The van der Waals surface area contributed by atoms with Crippen LogP contribution in [0.25, 0.3) is 11.1 Å². The molecular formula is C25H23N3O4S2. The summed E-state index contributed by atoms with van der Waals surface area (Å²) in [5.74, 6) is -1.62. The van der Waals surface area contributed by atoms with Gasteiger partial charge in [-0.25, -0.2) is 0 Å². The third-order valence-corrected chi connectivity index (χ3v) is 7.10. The van der Waals surface area contributed by atoms with E-state index in [4.69, 9.17) is 5.11 Å². The molecule has 0 saturated heterocycles. The number of hydrogen-bond acceptors (Lipinski definition) is 6. The lowest BCUT2D eigenvalue weighted by atomic mass is 10.1. The maximum Gasteiger partial charge on any atom is 0.303 e. The molecule has 0 aliphatic heterocycles. The van der Waals surface area contributed by atoms with E-state index in [0.29, 0.717) is 22.7 Å². The first-order valence-corrected chi connectivity index (χ1v) is 12.3. The Hall–Kier alpha value is -3.61. The first kappa shape index (κ1) is 25.0. The van der Waals surface area contributed by atoms with Crippen molar-refractivity contribution in [3.63, 3.8) is 0 Å². The second kappa shape index (κ2) is 12.0. The highest BCUT2D eigenvalue weighted by atomic mass is 32.2. The SMILES string of the molecule is CCC(Sc1cccc(NC(=O)CCC(=O)O)c1)C(=O)Nc1scc(-c2ccccc2)c1C#N. The monoisotopic (exact) mass is 493 g/mol. The van der Waals surface area contributed by atoms with E-state index >= 15 is 0 Å². The summed E-state index contributed by atoms with van der Waals surface area (Å²) >= 11 is 2.68. The Bertz CT molecular complexity index is 1220. The number of aliphatic carboxylic acids is 1. The van der Waals surface area contributed by atoms with Crippen molar-refractivity contribution in [2.24, 2.45) is 0 Å². The van der Waals surface area contributed by atoms with Crippen LogP contribution in [0.5, 0.6) is 0 Å². The van der Waals surface area contributed by atoms with Crippen LogP contribution >= 0.6 is 23.1 Å². The van der Waals surface area contributed by atoms with Crippen molar-refractivity contribution >= 4 is 51.6 Å². The average Bonchev–Trinajstić information content (AvgIpc) is 3.24. The number of benzene rings is 2. The van der Waals surface area contributed by atoms with Crippen molar-refractivity contribution in [3.8, 4) is 17.2 Å². The van der Waals surface area contributed by atoms with E-state index in [1.165, 1.54) is 23.1 Å². The van der Waals surface area contributed by atoms with Crippen LogP contribution in [0.4, 0.5) is 10.7 Å². The van der Waals surface area contributed by atoms with Crippen LogP contribution in [-0.4, -0.2) is 28.1 Å². The molecule has 1 unspecified atom stereocenters. The van der Waals surface area contributed by atoms with Gasteiger partial charge < -0.3 is 15.7 Å². The highest BCUT2D eigenvalue weighted by Gasteiger charge is 2.22. The van der Waals surface area contributed by atoms with E-state index in [1.54, 1.807) is 18.2 Å². The zero-order chi connectivity index (χ0) is 24.5. The zero-order valence-corrected chi connectivity index (χ0v) is 20.0. The van der Waals surface area contributed by atoms with Crippen molar-refractivity contribution < 1.29 is 19.5 Å². The summed E-state index contributed by atoms with van der Waals surface area (Å²) in [5, 5.41) is 26.0. The van der Waals surface area contributed by atoms with Crippen molar-refractivity contribution in [2.45, 2.75) is 36.3 Å². The molecule has 2 amide bonds. The van der Waals surface area contributed by atoms with E-state index in [0.717, 1.165) is 16.0 Å². The van der Waals surface area contributed by atoms with Crippen molar-refractivity contribution in [2.75, 3.05) is 10.6 Å². The predicted molar refractivity (Wildman–Crippen MR) is 135 cm³/mol. The van der Waals surface area contributed by atoms with Gasteiger partial charge in [0, 0.05) is 27.9 Å². The number of thioether (sulfide) groups is 1. The summed E-state index contributed by atoms with van der Waals surface area (Å²) in [7, 11) is 0. The van der Waals surface area contributed by atoms with Crippen LogP contribution in [0.15, 0.2) is 64.9 Å². The molecule has 34 heavy (non-hydrogen) atoms. The van der Waals surface area contributed by atoms with Gasteiger partial charge >= 0.3 is 5.97 Å². The lowest BCUT2D eigenvalue weighted by molar-refractivity contribution is -0.138. The Morgan fingerprint density at radius 3 is 2.53 bits per heavy atom. The number of carboxylic acid groups (broad SMARTS) is 1.